The van der Waals surface area contributed by atoms with Crippen molar-refractivity contribution in [3.8, 4) is 0 Å². The first-order valence-electron chi connectivity index (χ1n) is 7.35. The van der Waals surface area contributed by atoms with Crippen molar-refractivity contribution in [2.45, 2.75) is 51.0 Å². The van der Waals surface area contributed by atoms with E-state index in [2.05, 4.69) is 31.5 Å². The normalized spacial score (nSPS) is 17.1. The van der Waals surface area contributed by atoms with Crippen LogP contribution in [0.1, 0.15) is 55.3 Å². The van der Waals surface area contributed by atoms with Gasteiger partial charge in [-0.15, -0.1) is 0 Å². The number of hydrogen-bond acceptors (Lipinski definition) is 3. The summed E-state index contributed by atoms with van der Waals surface area (Å²) in [6.45, 7) is 0. The standard InChI is InChI=1S/C15H22BrN3O/c1-17-14-13(9-11(16)10-18-14)15(20)19-12-7-5-3-2-4-6-8-12/h9-10,12H,2-8H2,1H3,(H,17,18)(H,19,20). The highest BCUT2D eigenvalue weighted by Gasteiger charge is 2.18. The molecule has 0 aliphatic heterocycles. The van der Waals surface area contributed by atoms with Crippen molar-refractivity contribution >= 4 is 27.7 Å². The number of rotatable bonds is 3. The molecular formula is C15H22BrN3O. The molecule has 4 nitrogen and oxygen atoms in total. The van der Waals surface area contributed by atoms with Crippen molar-refractivity contribution in [3.63, 3.8) is 0 Å². The smallest absolute Gasteiger partial charge is 0.255 e. The Hall–Kier alpha value is -1.10. The summed E-state index contributed by atoms with van der Waals surface area (Å²) in [5.41, 5.74) is 0.601. The van der Waals surface area contributed by atoms with E-state index in [1.807, 2.05) is 6.07 Å². The van der Waals surface area contributed by atoms with Gasteiger partial charge in [-0.05, 0) is 34.8 Å². The van der Waals surface area contributed by atoms with Crippen LogP contribution in [-0.2, 0) is 0 Å². The summed E-state index contributed by atoms with van der Waals surface area (Å²) in [7, 11) is 1.78. The lowest BCUT2D eigenvalue weighted by Crippen LogP contribution is -2.35. The minimum atomic E-state index is -0.0336. The lowest BCUT2D eigenvalue weighted by atomic mass is 9.96. The molecule has 0 saturated heterocycles. The Labute approximate surface area is 128 Å². The summed E-state index contributed by atoms with van der Waals surface area (Å²) in [4.78, 5) is 16.7. The fourth-order valence-electron chi connectivity index (χ4n) is 2.68. The average Bonchev–Trinajstić information content (AvgIpc) is 2.41. The second-order valence-electron chi connectivity index (χ2n) is 5.32. The lowest BCUT2D eigenvalue weighted by Gasteiger charge is -2.21. The first-order valence-corrected chi connectivity index (χ1v) is 8.14. The molecule has 5 heteroatoms. The molecule has 1 amide bonds. The molecular weight excluding hydrogens is 318 g/mol. The van der Waals surface area contributed by atoms with E-state index in [0.717, 1.165) is 17.3 Å². The Kier molecular flexibility index (Phi) is 5.83. The first kappa shape index (κ1) is 15.3. The fourth-order valence-corrected chi connectivity index (χ4v) is 3.01. The van der Waals surface area contributed by atoms with E-state index in [1.165, 1.54) is 32.1 Å². The third kappa shape index (κ3) is 4.20. The summed E-state index contributed by atoms with van der Waals surface area (Å²) in [5, 5.41) is 6.14. The summed E-state index contributed by atoms with van der Waals surface area (Å²) < 4.78 is 0.819. The maximum atomic E-state index is 12.4. The van der Waals surface area contributed by atoms with E-state index in [1.54, 1.807) is 13.2 Å². The molecule has 0 radical (unpaired) electrons. The number of carbonyl (C=O) groups is 1. The molecule has 1 aromatic heterocycles. The third-order valence-electron chi connectivity index (χ3n) is 3.78. The molecule has 0 aromatic carbocycles. The number of amides is 1. The minimum Gasteiger partial charge on any atom is -0.372 e. The van der Waals surface area contributed by atoms with Crippen molar-refractivity contribution in [3.05, 3.63) is 22.3 Å². The van der Waals surface area contributed by atoms with Gasteiger partial charge in [0.1, 0.15) is 5.82 Å². The second kappa shape index (κ2) is 7.62. The maximum Gasteiger partial charge on any atom is 0.255 e. The molecule has 1 fully saturated rings. The summed E-state index contributed by atoms with van der Waals surface area (Å²) >= 11 is 3.37. The highest BCUT2D eigenvalue weighted by atomic mass is 79.9. The monoisotopic (exact) mass is 339 g/mol. The first-order chi connectivity index (χ1) is 9.70. The van der Waals surface area contributed by atoms with Crippen LogP contribution in [0.5, 0.6) is 0 Å². The molecule has 1 aromatic rings. The van der Waals surface area contributed by atoms with Gasteiger partial charge in [-0.1, -0.05) is 32.1 Å². The van der Waals surface area contributed by atoms with Gasteiger partial charge in [0.2, 0.25) is 0 Å². The van der Waals surface area contributed by atoms with Crippen LogP contribution in [0.3, 0.4) is 0 Å². The largest absolute Gasteiger partial charge is 0.372 e. The van der Waals surface area contributed by atoms with Crippen LogP contribution in [0, 0.1) is 0 Å². The van der Waals surface area contributed by atoms with Crippen molar-refractivity contribution in [1.82, 2.24) is 10.3 Å². The SMILES string of the molecule is CNc1ncc(Br)cc1C(=O)NC1CCCCCCC1. The molecule has 1 saturated carbocycles. The van der Waals surface area contributed by atoms with Gasteiger partial charge in [0.05, 0.1) is 5.56 Å². The molecule has 110 valence electrons. The topological polar surface area (TPSA) is 54.0 Å². The van der Waals surface area contributed by atoms with Crippen LogP contribution in [0.2, 0.25) is 0 Å². The highest BCUT2D eigenvalue weighted by Crippen LogP contribution is 2.20. The van der Waals surface area contributed by atoms with E-state index in [0.29, 0.717) is 17.4 Å². The van der Waals surface area contributed by atoms with Crippen molar-refractivity contribution in [2.75, 3.05) is 12.4 Å². The van der Waals surface area contributed by atoms with Gasteiger partial charge in [-0.25, -0.2) is 4.98 Å². The van der Waals surface area contributed by atoms with Crippen molar-refractivity contribution in [2.24, 2.45) is 0 Å². The van der Waals surface area contributed by atoms with E-state index in [4.69, 9.17) is 0 Å². The van der Waals surface area contributed by atoms with E-state index in [-0.39, 0.29) is 5.91 Å². The van der Waals surface area contributed by atoms with Crippen LogP contribution in [0.25, 0.3) is 0 Å². The van der Waals surface area contributed by atoms with Gasteiger partial charge in [-0.3, -0.25) is 4.79 Å². The Morgan fingerprint density at radius 3 is 2.55 bits per heavy atom. The number of halogens is 1. The Balaban J connectivity index is 2.04. The van der Waals surface area contributed by atoms with Crippen LogP contribution in [-0.4, -0.2) is 24.0 Å². The van der Waals surface area contributed by atoms with E-state index < -0.39 is 0 Å². The van der Waals surface area contributed by atoms with Gasteiger partial charge in [-0.2, -0.15) is 0 Å². The van der Waals surface area contributed by atoms with Gasteiger partial charge < -0.3 is 10.6 Å². The molecule has 0 unspecified atom stereocenters. The summed E-state index contributed by atoms with van der Waals surface area (Å²) in [6, 6.07) is 2.11. The van der Waals surface area contributed by atoms with Crippen LogP contribution in [0.15, 0.2) is 16.7 Å². The molecule has 20 heavy (non-hydrogen) atoms. The number of carbonyl (C=O) groups excluding carboxylic acids is 1. The number of anilines is 1. The Morgan fingerprint density at radius 1 is 1.25 bits per heavy atom. The third-order valence-corrected chi connectivity index (χ3v) is 4.21. The molecule has 0 atom stereocenters. The Bertz CT molecular complexity index is 456. The summed E-state index contributed by atoms with van der Waals surface area (Å²) in [5.74, 6) is 0.588. The minimum absolute atomic E-state index is 0.0336. The average molecular weight is 340 g/mol. The predicted molar refractivity (Wildman–Crippen MR) is 85.1 cm³/mol. The fraction of sp³-hybridized carbons (Fsp3) is 0.600. The zero-order chi connectivity index (χ0) is 14.4. The molecule has 0 spiro atoms. The molecule has 1 aliphatic carbocycles. The zero-order valence-electron chi connectivity index (χ0n) is 11.9. The second-order valence-corrected chi connectivity index (χ2v) is 6.23. The van der Waals surface area contributed by atoms with Crippen LogP contribution in [0.4, 0.5) is 5.82 Å². The van der Waals surface area contributed by atoms with Gasteiger partial charge in [0.15, 0.2) is 0 Å². The van der Waals surface area contributed by atoms with Crippen LogP contribution >= 0.6 is 15.9 Å². The summed E-state index contributed by atoms with van der Waals surface area (Å²) in [6.07, 6.45) is 10.2. The van der Waals surface area contributed by atoms with E-state index in [9.17, 15) is 4.79 Å². The number of aromatic nitrogens is 1. The molecule has 1 heterocycles. The van der Waals surface area contributed by atoms with E-state index >= 15 is 0 Å². The maximum absolute atomic E-state index is 12.4. The van der Waals surface area contributed by atoms with Crippen molar-refractivity contribution < 1.29 is 4.79 Å². The molecule has 2 N–H and O–H groups in total. The quantitative estimate of drug-likeness (QED) is 0.882. The highest BCUT2D eigenvalue weighted by molar-refractivity contribution is 9.10. The molecule has 1 aliphatic rings. The molecule has 2 rings (SSSR count). The van der Waals surface area contributed by atoms with Gasteiger partial charge in [0, 0.05) is 23.8 Å². The molecule has 0 bridgehead atoms. The van der Waals surface area contributed by atoms with Gasteiger partial charge >= 0.3 is 0 Å². The van der Waals surface area contributed by atoms with Crippen molar-refractivity contribution in [1.29, 1.82) is 0 Å². The number of pyridine rings is 1. The zero-order valence-corrected chi connectivity index (χ0v) is 13.5. The number of nitrogens with zero attached hydrogens (tertiary/aromatic N) is 1. The predicted octanol–water partition coefficient (Wildman–Crippen LogP) is 3.73. The van der Waals surface area contributed by atoms with Crippen LogP contribution < -0.4 is 10.6 Å². The van der Waals surface area contributed by atoms with Gasteiger partial charge in [0.25, 0.3) is 5.91 Å². The number of nitrogens with one attached hydrogen (secondary N) is 2. The number of hydrogen-bond donors (Lipinski definition) is 2. The Morgan fingerprint density at radius 2 is 1.90 bits per heavy atom. The lowest BCUT2D eigenvalue weighted by molar-refractivity contribution is 0.0931.